The van der Waals surface area contributed by atoms with Gasteiger partial charge in [0.1, 0.15) is 5.82 Å². The molecule has 3 heterocycles. The Labute approximate surface area is 124 Å². The van der Waals surface area contributed by atoms with Crippen molar-refractivity contribution < 1.29 is 9.53 Å². The molecule has 2 atom stereocenters. The van der Waals surface area contributed by atoms with E-state index in [4.69, 9.17) is 4.74 Å². The van der Waals surface area contributed by atoms with Crippen molar-refractivity contribution in [3.8, 4) is 0 Å². The molecule has 0 spiro atoms. The minimum atomic E-state index is 0.0445. The summed E-state index contributed by atoms with van der Waals surface area (Å²) in [5.41, 5.74) is 0. The van der Waals surface area contributed by atoms with E-state index in [2.05, 4.69) is 20.2 Å². The molecule has 21 heavy (non-hydrogen) atoms. The summed E-state index contributed by atoms with van der Waals surface area (Å²) < 4.78 is 5.34. The summed E-state index contributed by atoms with van der Waals surface area (Å²) in [5.74, 6) is 1.55. The van der Waals surface area contributed by atoms with E-state index in [0.717, 1.165) is 57.9 Å². The first-order chi connectivity index (χ1) is 10.3. The van der Waals surface area contributed by atoms with Crippen molar-refractivity contribution in [2.75, 3.05) is 37.7 Å². The maximum Gasteiger partial charge on any atom is 0.224 e. The quantitative estimate of drug-likeness (QED) is 0.890. The SMILES string of the molecule is O=C(NCC1CCOC1)C1CCCN(c2cnccn2)C1. The standard InChI is InChI=1S/C15H22N4O2/c20-15(18-8-12-3-7-21-11-12)13-2-1-6-19(10-13)14-9-16-4-5-17-14/h4-5,9,12-13H,1-3,6-8,10-11H2,(H,18,20). The van der Waals surface area contributed by atoms with Gasteiger partial charge in [-0.05, 0) is 19.3 Å². The number of amides is 1. The fourth-order valence-corrected chi connectivity index (χ4v) is 2.99. The lowest BCUT2D eigenvalue weighted by Gasteiger charge is -2.32. The number of nitrogens with one attached hydrogen (secondary N) is 1. The molecule has 1 aromatic heterocycles. The molecule has 114 valence electrons. The summed E-state index contributed by atoms with van der Waals surface area (Å²) >= 11 is 0. The van der Waals surface area contributed by atoms with Crippen LogP contribution in [-0.4, -0.2) is 48.7 Å². The molecule has 1 N–H and O–H groups in total. The highest BCUT2D eigenvalue weighted by molar-refractivity contribution is 5.79. The maximum atomic E-state index is 12.3. The molecule has 0 bridgehead atoms. The van der Waals surface area contributed by atoms with E-state index >= 15 is 0 Å². The van der Waals surface area contributed by atoms with Crippen LogP contribution in [-0.2, 0) is 9.53 Å². The van der Waals surface area contributed by atoms with Gasteiger partial charge in [-0.2, -0.15) is 0 Å². The van der Waals surface area contributed by atoms with Crippen LogP contribution in [0.15, 0.2) is 18.6 Å². The first-order valence-electron chi connectivity index (χ1n) is 7.69. The number of aromatic nitrogens is 2. The fourth-order valence-electron chi connectivity index (χ4n) is 2.99. The predicted molar refractivity (Wildman–Crippen MR) is 78.9 cm³/mol. The van der Waals surface area contributed by atoms with Crippen molar-refractivity contribution >= 4 is 11.7 Å². The molecule has 2 aliphatic heterocycles. The molecule has 6 nitrogen and oxygen atoms in total. The molecule has 2 aliphatic rings. The Bertz CT molecular complexity index is 462. The topological polar surface area (TPSA) is 67.3 Å². The van der Waals surface area contributed by atoms with Gasteiger partial charge >= 0.3 is 0 Å². The Hall–Kier alpha value is -1.69. The normalized spacial score (nSPS) is 25.8. The zero-order chi connectivity index (χ0) is 14.5. The van der Waals surface area contributed by atoms with Crippen LogP contribution in [0, 0.1) is 11.8 Å². The lowest BCUT2D eigenvalue weighted by atomic mass is 9.97. The van der Waals surface area contributed by atoms with E-state index in [-0.39, 0.29) is 11.8 Å². The zero-order valence-corrected chi connectivity index (χ0v) is 12.2. The van der Waals surface area contributed by atoms with Crippen LogP contribution in [0.3, 0.4) is 0 Å². The molecule has 6 heteroatoms. The predicted octanol–water partition coefficient (Wildman–Crippen LogP) is 0.846. The van der Waals surface area contributed by atoms with Gasteiger partial charge in [0.05, 0.1) is 18.7 Å². The first kappa shape index (κ1) is 14.3. The third-order valence-corrected chi connectivity index (χ3v) is 4.25. The van der Waals surface area contributed by atoms with Crippen molar-refractivity contribution in [2.24, 2.45) is 11.8 Å². The molecular formula is C15H22N4O2. The van der Waals surface area contributed by atoms with Crippen LogP contribution in [0.2, 0.25) is 0 Å². The number of carbonyl (C=O) groups excluding carboxylic acids is 1. The van der Waals surface area contributed by atoms with Crippen molar-refractivity contribution in [1.29, 1.82) is 0 Å². The Kier molecular flexibility index (Phi) is 4.65. The number of hydrogen-bond acceptors (Lipinski definition) is 5. The third kappa shape index (κ3) is 3.69. The summed E-state index contributed by atoms with van der Waals surface area (Å²) in [6.07, 6.45) is 8.14. The van der Waals surface area contributed by atoms with Crippen LogP contribution in [0.1, 0.15) is 19.3 Å². The van der Waals surface area contributed by atoms with Gasteiger partial charge in [0, 0.05) is 44.6 Å². The second-order valence-electron chi connectivity index (χ2n) is 5.82. The molecule has 2 fully saturated rings. The van der Waals surface area contributed by atoms with Gasteiger partial charge in [-0.25, -0.2) is 4.98 Å². The maximum absolute atomic E-state index is 12.3. The van der Waals surface area contributed by atoms with Crippen molar-refractivity contribution in [3.63, 3.8) is 0 Å². The molecule has 0 aromatic carbocycles. The van der Waals surface area contributed by atoms with Crippen molar-refractivity contribution in [3.05, 3.63) is 18.6 Å². The smallest absolute Gasteiger partial charge is 0.224 e. The fraction of sp³-hybridized carbons (Fsp3) is 0.667. The third-order valence-electron chi connectivity index (χ3n) is 4.25. The highest BCUT2D eigenvalue weighted by Gasteiger charge is 2.27. The highest BCUT2D eigenvalue weighted by Crippen LogP contribution is 2.21. The van der Waals surface area contributed by atoms with Crippen molar-refractivity contribution in [1.82, 2.24) is 15.3 Å². The number of nitrogens with zero attached hydrogens (tertiary/aromatic N) is 3. The number of hydrogen-bond donors (Lipinski definition) is 1. The summed E-state index contributed by atoms with van der Waals surface area (Å²) in [7, 11) is 0. The Morgan fingerprint density at radius 1 is 1.43 bits per heavy atom. The van der Waals surface area contributed by atoms with Gasteiger partial charge in [-0.1, -0.05) is 0 Å². The monoisotopic (exact) mass is 290 g/mol. The summed E-state index contributed by atoms with van der Waals surface area (Å²) in [6, 6.07) is 0. The van der Waals surface area contributed by atoms with Crippen LogP contribution in [0.5, 0.6) is 0 Å². The largest absolute Gasteiger partial charge is 0.381 e. The van der Waals surface area contributed by atoms with E-state index < -0.39 is 0 Å². The number of carbonyl (C=O) groups is 1. The van der Waals surface area contributed by atoms with Gasteiger partial charge in [0.15, 0.2) is 0 Å². The van der Waals surface area contributed by atoms with Gasteiger partial charge < -0.3 is 15.0 Å². The van der Waals surface area contributed by atoms with Crippen LogP contribution < -0.4 is 10.2 Å². The van der Waals surface area contributed by atoms with Gasteiger partial charge in [-0.15, -0.1) is 0 Å². The second-order valence-corrected chi connectivity index (χ2v) is 5.82. The average Bonchev–Trinajstić information content (AvgIpc) is 3.07. The summed E-state index contributed by atoms with van der Waals surface area (Å²) in [4.78, 5) is 22.9. The number of ether oxygens (including phenoxy) is 1. The lowest BCUT2D eigenvalue weighted by Crippen LogP contribution is -2.44. The second kappa shape index (κ2) is 6.85. The Balaban J connectivity index is 1.51. The number of piperidine rings is 1. The first-order valence-corrected chi connectivity index (χ1v) is 7.69. The van der Waals surface area contributed by atoms with Crippen LogP contribution >= 0.6 is 0 Å². The molecule has 1 amide bonds. The van der Waals surface area contributed by atoms with Gasteiger partial charge in [0.2, 0.25) is 5.91 Å². The molecule has 2 saturated heterocycles. The van der Waals surface area contributed by atoms with E-state index in [0.29, 0.717) is 5.92 Å². The van der Waals surface area contributed by atoms with E-state index in [1.165, 1.54) is 0 Å². The molecule has 0 saturated carbocycles. The zero-order valence-electron chi connectivity index (χ0n) is 12.2. The van der Waals surface area contributed by atoms with Crippen LogP contribution in [0.4, 0.5) is 5.82 Å². The molecule has 0 radical (unpaired) electrons. The summed E-state index contributed by atoms with van der Waals surface area (Å²) in [6.45, 7) is 4.01. The minimum Gasteiger partial charge on any atom is -0.381 e. The van der Waals surface area contributed by atoms with Crippen molar-refractivity contribution in [2.45, 2.75) is 19.3 Å². The molecule has 3 rings (SSSR count). The molecular weight excluding hydrogens is 268 g/mol. The van der Waals surface area contributed by atoms with Gasteiger partial charge in [0.25, 0.3) is 0 Å². The minimum absolute atomic E-state index is 0.0445. The van der Waals surface area contributed by atoms with Crippen LogP contribution in [0.25, 0.3) is 0 Å². The molecule has 1 aromatic rings. The van der Waals surface area contributed by atoms with E-state index in [1.807, 2.05) is 0 Å². The number of anilines is 1. The Morgan fingerprint density at radius 3 is 3.14 bits per heavy atom. The highest BCUT2D eigenvalue weighted by atomic mass is 16.5. The Morgan fingerprint density at radius 2 is 2.38 bits per heavy atom. The molecule has 2 unspecified atom stereocenters. The average molecular weight is 290 g/mol. The van der Waals surface area contributed by atoms with Gasteiger partial charge in [-0.3, -0.25) is 9.78 Å². The summed E-state index contributed by atoms with van der Waals surface area (Å²) in [5, 5.41) is 3.08. The van der Waals surface area contributed by atoms with E-state index in [1.54, 1.807) is 18.6 Å². The number of rotatable bonds is 4. The molecule has 0 aliphatic carbocycles. The van der Waals surface area contributed by atoms with E-state index in [9.17, 15) is 4.79 Å². The lowest BCUT2D eigenvalue weighted by molar-refractivity contribution is -0.125.